The van der Waals surface area contributed by atoms with Crippen LogP contribution >= 0.6 is 0 Å². The van der Waals surface area contributed by atoms with Crippen LogP contribution in [-0.4, -0.2) is 25.0 Å². The molecule has 3 rings (SSSR count). The second kappa shape index (κ2) is 5.33. The zero-order valence-electron chi connectivity index (χ0n) is 11.3. The fourth-order valence-electron chi connectivity index (χ4n) is 2.99. The molecular weight excluding hydrogens is 236 g/mol. The molecule has 1 aliphatic carbocycles. The standard InChI is InChI=1S/C16H22N2O/c19-15(18-14-8-4-5-11-17-12-14)16(9-10-16)13-6-2-1-3-7-13/h1-3,6-7,14,17H,4-5,8-12H2,(H,18,19). The summed E-state index contributed by atoms with van der Waals surface area (Å²) in [6.45, 7) is 1.99. The molecule has 3 nitrogen and oxygen atoms in total. The molecule has 1 heterocycles. The zero-order valence-corrected chi connectivity index (χ0v) is 11.3. The highest BCUT2D eigenvalue weighted by Gasteiger charge is 2.51. The summed E-state index contributed by atoms with van der Waals surface area (Å²) >= 11 is 0. The number of amides is 1. The number of nitrogens with one attached hydrogen (secondary N) is 2. The van der Waals surface area contributed by atoms with E-state index in [1.165, 1.54) is 18.4 Å². The number of carbonyl (C=O) groups is 1. The lowest BCUT2D eigenvalue weighted by molar-refractivity contribution is -0.124. The Morgan fingerprint density at radius 1 is 1.21 bits per heavy atom. The van der Waals surface area contributed by atoms with Gasteiger partial charge in [0.1, 0.15) is 0 Å². The van der Waals surface area contributed by atoms with E-state index in [1.54, 1.807) is 0 Å². The van der Waals surface area contributed by atoms with Gasteiger partial charge in [-0.2, -0.15) is 0 Å². The third-order valence-electron chi connectivity index (χ3n) is 4.39. The molecule has 1 amide bonds. The van der Waals surface area contributed by atoms with E-state index in [0.717, 1.165) is 32.4 Å². The minimum atomic E-state index is -0.229. The third-order valence-corrected chi connectivity index (χ3v) is 4.39. The van der Waals surface area contributed by atoms with Crippen molar-refractivity contribution in [1.82, 2.24) is 10.6 Å². The molecule has 2 N–H and O–H groups in total. The van der Waals surface area contributed by atoms with Gasteiger partial charge in [-0.05, 0) is 37.8 Å². The molecule has 2 aliphatic rings. The molecule has 1 aliphatic heterocycles. The lowest BCUT2D eigenvalue weighted by Crippen LogP contribution is -2.45. The molecule has 1 atom stereocenters. The molecular formula is C16H22N2O. The predicted molar refractivity (Wildman–Crippen MR) is 76.0 cm³/mol. The Bertz CT molecular complexity index is 431. The molecule has 1 aromatic rings. The van der Waals surface area contributed by atoms with E-state index in [0.29, 0.717) is 6.04 Å². The second-order valence-electron chi connectivity index (χ2n) is 5.82. The van der Waals surface area contributed by atoms with Crippen LogP contribution in [0, 0.1) is 0 Å². The third kappa shape index (κ3) is 2.66. The van der Waals surface area contributed by atoms with Gasteiger partial charge in [-0.3, -0.25) is 4.79 Å². The summed E-state index contributed by atoms with van der Waals surface area (Å²) in [7, 11) is 0. The molecule has 1 saturated carbocycles. The highest BCUT2D eigenvalue weighted by Crippen LogP contribution is 2.48. The van der Waals surface area contributed by atoms with E-state index in [4.69, 9.17) is 0 Å². The van der Waals surface area contributed by atoms with Crippen LogP contribution < -0.4 is 10.6 Å². The van der Waals surface area contributed by atoms with Crippen LogP contribution in [0.4, 0.5) is 0 Å². The normalized spacial score (nSPS) is 25.4. The topological polar surface area (TPSA) is 41.1 Å². The first-order chi connectivity index (χ1) is 9.31. The van der Waals surface area contributed by atoms with E-state index in [1.807, 2.05) is 18.2 Å². The highest BCUT2D eigenvalue weighted by atomic mass is 16.2. The van der Waals surface area contributed by atoms with Crippen LogP contribution in [0.15, 0.2) is 30.3 Å². The molecule has 1 unspecified atom stereocenters. The van der Waals surface area contributed by atoms with Crippen LogP contribution in [0.25, 0.3) is 0 Å². The molecule has 0 radical (unpaired) electrons. The molecule has 102 valence electrons. The first kappa shape index (κ1) is 12.7. The van der Waals surface area contributed by atoms with Crippen LogP contribution in [0.1, 0.15) is 37.7 Å². The molecule has 0 bridgehead atoms. The lowest BCUT2D eigenvalue weighted by Gasteiger charge is -2.21. The first-order valence-corrected chi connectivity index (χ1v) is 7.38. The van der Waals surface area contributed by atoms with E-state index >= 15 is 0 Å². The van der Waals surface area contributed by atoms with Crippen molar-refractivity contribution in [1.29, 1.82) is 0 Å². The Hall–Kier alpha value is -1.35. The average Bonchev–Trinajstić information content (AvgIpc) is 3.25. The minimum Gasteiger partial charge on any atom is -0.351 e. The molecule has 1 saturated heterocycles. The average molecular weight is 258 g/mol. The number of carbonyl (C=O) groups excluding carboxylic acids is 1. The summed E-state index contributed by atoms with van der Waals surface area (Å²) in [4.78, 5) is 12.6. The molecule has 0 spiro atoms. The van der Waals surface area contributed by atoms with Crippen LogP contribution in [0.5, 0.6) is 0 Å². The smallest absolute Gasteiger partial charge is 0.230 e. The molecule has 0 aromatic heterocycles. The number of benzene rings is 1. The zero-order chi connectivity index (χ0) is 13.1. The molecule has 3 heteroatoms. The second-order valence-corrected chi connectivity index (χ2v) is 5.82. The van der Waals surface area contributed by atoms with E-state index in [2.05, 4.69) is 22.8 Å². The first-order valence-electron chi connectivity index (χ1n) is 7.38. The van der Waals surface area contributed by atoms with Gasteiger partial charge in [0, 0.05) is 12.6 Å². The Morgan fingerprint density at radius 3 is 2.74 bits per heavy atom. The Balaban J connectivity index is 1.67. The lowest BCUT2D eigenvalue weighted by atomic mass is 9.94. The maximum atomic E-state index is 12.6. The minimum absolute atomic E-state index is 0.229. The van der Waals surface area contributed by atoms with Gasteiger partial charge in [0.15, 0.2) is 0 Å². The van der Waals surface area contributed by atoms with Crippen LogP contribution in [0.2, 0.25) is 0 Å². The van der Waals surface area contributed by atoms with Crippen molar-refractivity contribution in [2.45, 2.75) is 43.6 Å². The van der Waals surface area contributed by atoms with Gasteiger partial charge in [-0.15, -0.1) is 0 Å². The van der Waals surface area contributed by atoms with Gasteiger partial charge in [-0.1, -0.05) is 36.8 Å². The van der Waals surface area contributed by atoms with Crippen LogP contribution in [0.3, 0.4) is 0 Å². The van der Waals surface area contributed by atoms with Gasteiger partial charge in [0.2, 0.25) is 5.91 Å². The summed E-state index contributed by atoms with van der Waals surface area (Å²) in [5, 5.41) is 6.66. The Kier molecular flexibility index (Phi) is 3.56. The van der Waals surface area contributed by atoms with Crippen molar-refractivity contribution < 1.29 is 4.79 Å². The van der Waals surface area contributed by atoms with Gasteiger partial charge < -0.3 is 10.6 Å². The fourth-order valence-corrected chi connectivity index (χ4v) is 2.99. The largest absolute Gasteiger partial charge is 0.351 e. The fraction of sp³-hybridized carbons (Fsp3) is 0.562. The van der Waals surface area contributed by atoms with Gasteiger partial charge in [0.25, 0.3) is 0 Å². The molecule has 1 aromatic carbocycles. The SMILES string of the molecule is O=C(NC1CCCCNC1)C1(c2ccccc2)CC1. The van der Waals surface area contributed by atoms with Gasteiger partial charge in [-0.25, -0.2) is 0 Å². The van der Waals surface area contributed by atoms with Crippen molar-refractivity contribution in [3.8, 4) is 0 Å². The van der Waals surface area contributed by atoms with Crippen molar-refractivity contribution >= 4 is 5.91 Å². The Labute approximate surface area is 114 Å². The number of hydrogen-bond acceptors (Lipinski definition) is 2. The Morgan fingerprint density at radius 2 is 2.00 bits per heavy atom. The van der Waals surface area contributed by atoms with E-state index < -0.39 is 0 Å². The van der Waals surface area contributed by atoms with Crippen molar-refractivity contribution in [3.63, 3.8) is 0 Å². The maximum Gasteiger partial charge on any atom is 0.230 e. The quantitative estimate of drug-likeness (QED) is 0.870. The van der Waals surface area contributed by atoms with E-state index in [-0.39, 0.29) is 11.3 Å². The van der Waals surface area contributed by atoms with Crippen molar-refractivity contribution in [2.24, 2.45) is 0 Å². The summed E-state index contributed by atoms with van der Waals surface area (Å²) in [5.41, 5.74) is 0.946. The predicted octanol–water partition coefficient (Wildman–Crippen LogP) is 1.98. The number of hydrogen-bond donors (Lipinski definition) is 2. The summed E-state index contributed by atoms with van der Waals surface area (Å²) in [5.74, 6) is 0.229. The molecule has 19 heavy (non-hydrogen) atoms. The molecule has 2 fully saturated rings. The highest BCUT2D eigenvalue weighted by molar-refractivity contribution is 5.91. The summed E-state index contributed by atoms with van der Waals surface area (Å²) in [6.07, 6.45) is 5.50. The maximum absolute atomic E-state index is 12.6. The monoisotopic (exact) mass is 258 g/mol. The summed E-state index contributed by atoms with van der Waals surface area (Å²) < 4.78 is 0. The van der Waals surface area contributed by atoms with Gasteiger partial charge >= 0.3 is 0 Å². The summed E-state index contributed by atoms with van der Waals surface area (Å²) in [6, 6.07) is 10.5. The van der Waals surface area contributed by atoms with Crippen molar-refractivity contribution in [3.05, 3.63) is 35.9 Å². The number of rotatable bonds is 3. The van der Waals surface area contributed by atoms with Crippen molar-refractivity contribution in [2.75, 3.05) is 13.1 Å². The van der Waals surface area contributed by atoms with E-state index in [9.17, 15) is 4.79 Å². The van der Waals surface area contributed by atoms with Crippen LogP contribution in [-0.2, 0) is 10.2 Å². The van der Waals surface area contributed by atoms with Gasteiger partial charge in [0.05, 0.1) is 5.41 Å².